The highest BCUT2D eigenvalue weighted by Gasteiger charge is 2.28. The van der Waals surface area contributed by atoms with Gasteiger partial charge in [0.25, 0.3) is 0 Å². The van der Waals surface area contributed by atoms with Crippen LogP contribution in [-0.4, -0.2) is 39.4 Å². The summed E-state index contributed by atoms with van der Waals surface area (Å²) in [5.74, 6) is -0.239. The van der Waals surface area contributed by atoms with Crippen LogP contribution in [0.25, 0.3) is 0 Å². The number of anilines is 1. The molecule has 18 heavy (non-hydrogen) atoms. The van der Waals surface area contributed by atoms with Gasteiger partial charge in [0.05, 0.1) is 0 Å². The number of nitrogens with one attached hydrogen (secondary N) is 2. The van der Waals surface area contributed by atoms with Gasteiger partial charge in [-0.1, -0.05) is 0 Å². The number of aromatic nitrogens is 2. The van der Waals surface area contributed by atoms with Crippen LogP contribution in [0, 0.1) is 6.92 Å². The van der Waals surface area contributed by atoms with Gasteiger partial charge in [0, 0.05) is 37.6 Å². The number of aromatic amines is 1. The van der Waals surface area contributed by atoms with Crippen molar-refractivity contribution in [3.63, 3.8) is 0 Å². The highest BCUT2D eigenvalue weighted by Crippen LogP contribution is 2.12. The smallest absolute Gasteiger partial charge is 0.229 e. The van der Waals surface area contributed by atoms with E-state index in [9.17, 15) is 14.4 Å². The maximum absolute atomic E-state index is 11.6. The largest absolute Gasteiger partial charge is 0.309 e. The molecule has 7 nitrogen and oxygen atoms in total. The first-order valence-electron chi connectivity index (χ1n) is 5.71. The molecule has 1 aliphatic heterocycles. The maximum Gasteiger partial charge on any atom is 0.229 e. The van der Waals surface area contributed by atoms with Gasteiger partial charge in [-0.2, -0.15) is 5.10 Å². The molecule has 1 aromatic rings. The third-order valence-electron chi connectivity index (χ3n) is 2.69. The molecule has 3 amide bonds. The third-order valence-corrected chi connectivity index (χ3v) is 2.69. The number of amides is 3. The summed E-state index contributed by atoms with van der Waals surface area (Å²) in [5, 5.41) is 9.15. The van der Waals surface area contributed by atoms with Crippen molar-refractivity contribution < 1.29 is 14.4 Å². The van der Waals surface area contributed by atoms with Gasteiger partial charge >= 0.3 is 0 Å². The van der Waals surface area contributed by atoms with Crippen LogP contribution in [0.2, 0.25) is 0 Å². The number of carbonyl (C=O) groups excluding carboxylic acids is 3. The lowest BCUT2D eigenvalue weighted by Crippen LogP contribution is -2.32. The first kappa shape index (κ1) is 12.3. The number of nitrogens with zero attached hydrogens (tertiary/aromatic N) is 2. The summed E-state index contributed by atoms with van der Waals surface area (Å²) in [6.45, 7) is 1.96. The van der Waals surface area contributed by atoms with Gasteiger partial charge in [-0.15, -0.1) is 0 Å². The van der Waals surface area contributed by atoms with Gasteiger partial charge in [0.15, 0.2) is 5.82 Å². The number of hydrogen-bond acceptors (Lipinski definition) is 4. The minimum atomic E-state index is -0.269. The number of hydrogen-bond donors (Lipinski definition) is 2. The molecule has 1 saturated heterocycles. The van der Waals surface area contributed by atoms with Gasteiger partial charge in [-0.05, 0) is 6.92 Å². The van der Waals surface area contributed by atoms with Crippen LogP contribution in [0.1, 0.15) is 25.0 Å². The molecule has 7 heteroatoms. The monoisotopic (exact) mass is 250 g/mol. The zero-order valence-electron chi connectivity index (χ0n) is 10.0. The summed E-state index contributed by atoms with van der Waals surface area (Å²) < 4.78 is 0. The summed E-state index contributed by atoms with van der Waals surface area (Å²) >= 11 is 0. The van der Waals surface area contributed by atoms with Crippen LogP contribution >= 0.6 is 0 Å². The Morgan fingerprint density at radius 2 is 2.11 bits per heavy atom. The summed E-state index contributed by atoms with van der Waals surface area (Å²) in [5.41, 5.74) is 0.843. The first-order valence-corrected chi connectivity index (χ1v) is 5.71. The summed E-state index contributed by atoms with van der Waals surface area (Å²) in [4.78, 5) is 35.3. The molecule has 1 aromatic heterocycles. The normalized spacial score (nSPS) is 15.3. The quantitative estimate of drug-likeness (QED) is 0.746. The first-order chi connectivity index (χ1) is 8.56. The Hall–Kier alpha value is -2.18. The molecular weight excluding hydrogens is 236 g/mol. The second-order valence-corrected chi connectivity index (χ2v) is 4.17. The second kappa shape index (κ2) is 4.99. The second-order valence-electron chi connectivity index (χ2n) is 4.17. The third kappa shape index (κ3) is 2.73. The number of aryl methyl sites for hydroxylation is 1. The summed E-state index contributed by atoms with van der Waals surface area (Å²) in [6, 6.07) is 1.70. The van der Waals surface area contributed by atoms with E-state index in [2.05, 4.69) is 15.5 Å². The van der Waals surface area contributed by atoms with Crippen LogP contribution in [0.15, 0.2) is 6.07 Å². The lowest BCUT2D eigenvalue weighted by Gasteiger charge is -2.12. The van der Waals surface area contributed by atoms with E-state index < -0.39 is 0 Å². The van der Waals surface area contributed by atoms with E-state index >= 15 is 0 Å². The SMILES string of the molecule is Cc1cc(NC(=O)CCN2C(=O)CCC2=O)n[nH]1. The molecule has 1 fully saturated rings. The van der Waals surface area contributed by atoms with E-state index in [0.29, 0.717) is 5.82 Å². The Bertz CT molecular complexity index is 478. The van der Waals surface area contributed by atoms with Crippen LogP contribution in [0.4, 0.5) is 5.82 Å². The highest BCUT2D eigenvalue weighted by molar-refractivity contribution is 6.02. The highest BCUT2D eigenvalue weighted by atomic mass is 16.2. The van der Waals surface area contributed by atoms with Crippen LogP contribution in [-0.2, 0) is 14.4 Å². The van der Waals surface area contributed by atoms with Gasteiger partial charge in [0.1, 0.15) is 0 Å². The molecule has 2 rings (SSSR count). The predicted octanol–water partition coefficient (Wildman–Crippen LogP) is 0.196. The van der Waals surface area contributed by atoms with Crippen molar-refractivity contribution in [2.45, 2.75) is 26.2 Å². The maximum atomic E-state index is 11.6. The van der Waals surface area contributed by atoms with E-state index in [1.165, 1.54) is 0 Å². The Labute approximate surface area is 104 Å². The van der Waals surface area contributed by atoms with Crippen molar-refractivity contribution >= 4 is 23.5 Å². The van der Waals surface area contributed by atoms with Crippen molar-refractivity contribution in [2.24, 2.45) is 0 Å². The fraction of sp³-hybridized carbons (Fsp3) is 0.455. The van der Waals surface area contributed by atoms with Crippen LogP contribution in [0.3, 0.4) is 0 Å². The van der Waals surface area contributed by atoms with Gasteiger partial charge in [0.2, 0.25) is 17.7 Å². The number of likely N-dealkylation sites (tertiary alicyclic amines) is 1. The topological polar surface area (TPSA) is 95.2 Å². The molecule has 0 spiro atoms. The number of H-pyrrole nitrogens is 1. The number of imide groups is 1. The van der Waals surface area contributed by atoms with Gasteiger partial charge in [-0.25, -0.2) is 0 Å². The van der Waals surface area contributed by atoms with E-state index in [-0.39, 0.29) is 43.5 Å². The molecular formula is C11H14N4O3. The van der Waals surface area contributed by atoms with Gasteiger partial charge < -0.3 is 5.32 Å². The average Bonchev–Trinajstić information content (AvgIpc) is 2.84. The lowest BCUT2D eigenvalue weighted by molar-refractivity contribution is -0.138. The van der Waals surface area contributed by atoms with Crippen molar-refractivity contribution in [1.29, 1.82) is 0 Å². The Kier molecular flexibility index (Phi) is 3.40. The van der Waals surface area contributed by atoms with Crippen LogP contribution in [0.5, 0.6) is 0 Å². The van der Waals surface area contributed by atoms with Crippen molar-refractivity contribution in [1.82, 2.24) is 15.1 Å². The van der Waals surface area contributed by atoms with Crippen molar-refractivity contribution in [2.75, 3.05) is 11.9 Å². The number of carbonyl (C=O) groups is 3. The average molecular weight is 250 g/mol. The zero-order valence-corrected chi connectivity index (χ0v) is 10.0. The molecule has 0 atom stereocenters. The summed E-state index contributed by atoms with van der Waals surface area (Å²) in [6.07, 6.45) is 0.585. The fourth-order valence-electron chi connectivity index (χ4n) is 1.77. The predicted molar refractivity (Wildman–Crippen MR) is 62.5 cm³/mol. The van der Waals surface area contributed by atoms with Crippen LogP contribution < -0.4 is 5.32 Å². The molecule has 0 aromatic carbocycles. The van der Waals surface area contributed by atoms with Gasteiger partial charge in [-0.3, -0.25) is 24.4 Å². The summed E-state index contributed by atoms with van der Waals surface area (Å²) in [7, 11) is 0. The van der Waals surface area contributed by atoms with E-state index in [0.717, 1.165) is 10.6 Å². The molecule has 2 heterocycles. The number of rotatable bonds is 4. The molecule has 2 N–H and O–H groups in total. The molecule has 1 aliphatic rings. The zero-order chi connectivity index (χ0) is 13.1. The Morgan fingerprint density at radius 1 is 1.44 bits per heavy atom. The standard InChI is InChI=1S/C11H14N4O3/c1-7-6-8(14-13-7)12-9(16)4-5-15-10(17)2-3-11(15)18/h6H,2-5H2,1H3,(H2,12,13,14,16). The molecule has 96 valence electrons. The lowest BCUT2D eigenvalue weighted by atomic mass is 10.3. The van der Waals surface area contributed by atoms with E-state index in [1.54, 1.807) is 6.07 Å². The molecule has 0 aliphatic carbocycles. The Balaban J connectivity index is 1.81. The van der Waals surface area contributed by atoms with E-state index in [1.807, 2.05) is 6.92 Å². The fourth-order valence-corrected chi connectivity index (χ4v) is 1.77. The molecule has 0 saturated carbocycles. The molecule has 0 radical (unpaired) electrons. The molecule has 0 bridgehead atoms. The minimum Gasteiger partial charge on any atom is -0.309 e. The minimum absolute atomic E-state index is 0.0867. The van der Waals surface area contributed by atoms with Crippen molar-refractivity contribution in [3.8, 4) is 0 Å². The van der Waals surface area contributed by atoms with E-state index in [4.69, 9.17) is 0 Å². The molecule has 0 unspecified atom stereocenters. The Morgan fingerprint density at radius 3 is 2.67 bits per heavy atom. The van der Waals surface area contributed by atoms with Crippen molar-refractivity contribution in [3.05, 3.63) is 11.8 Å².